The number of hydrogen-bond donors (Lipinski definition) is 1. The SMILES string of the molecule is CCNC(Cc1c(Cl)c(C)nn1CC)c1ccc(Br)cc1. The van der Waals surface area contributed by atoms with Gasteiger partial charge in [0.05, 0.1) is 16.4 Å². The Morgan fingerprint density at radius 2 is 1.95 bits per heavy atom. The molecular weight excluding hydrogens is 350 g/mol. The third-order valence-corrected chi connectivity index (χ3v) is 4.59. The van der Waals surface area contributed by atoms with Crippen molar-refractivity contribution < 1.29 is 0 Å². The number of nitrogens with one attached hydrogen (secondary N) is 1. The number of hydrogen-bond acceptors (Lipinski definition) is 2. The summed E-state index contributed by atoms with van der Waals surface area (Å²) in [4.78, 5) is 0. The monoisotopic (exact) mass is 369 g/mol. The first-order valence-corrected chi connectivity index (χ1v) is 8.44. The molecule has 0 aliphatic heterocycles. The van der Waals surface area contributed by atoms with E-state index in [1.54, 1.807) is 0 Å². The maximum Gasteiger partial charge on any atom is 0.0847 e. The third kappa shape index (κ3) is 3.87. The molecule has 0 bridgehead atoms. The number of aromatic nitrogens is 2. The largest absolute Gasteiger partial charge is 0.310 e. The van der Waals surface area contributed by atoms with Crippen LogP contribution in [0.4, 0.5) is 0 Å². The van der Waals surface area contributed by atoms with Gasteiger partial charge in [-0.05, 0) is 38.1 Å². The number of aryl methyl sites for hydroxylation is 2. The van der Waals surface area contributed by atoms with Gasteiger partial charge in [0.1, 0.15) is 0 Å². The van der Waals surface area contributed by atoms with Gasteiger partial charge in [0.15, 0.2) is 0 Å². The summed E-state index contributed by atoms with van der Waals surface area (Å²) in [5.41, 5.74) is 3.27. The lowest BCUT2D eigenvalue weighted by atomic mass is 10.0. The second-order valence-corrected chi connectivity index (χ2v) is 6.32. The molecule has 1 aromatic carbocycles. The molecule has 1 atom stereocenters. The van der Waals surface area contributed by atoms with Crippen molar-refractivity contribution in [2.75, 3.05) is 6.54 Å². The van der Waals surface area contributed by atoms with E-state index in [0.717, 1.165) is 40.4 Å². The second-order valence-electron chi connectivity index (χ2n) is 5.03. The van der Waals surface area contributed by atoms with Crippen LogP contribution in [-0.4, -0.2) is 16.3 Å². The van der Waals surface area contributed by atoms with Crippen molar-refractivity contribution in [3.05, 3.63) is 50.7 Å². The minimum atomic E-state index is 0.238. The molecule has 0 saturated carbocycles. The van der Waals surface area contributed by atoms with E-state index in [1.165, 1.54) is 5.56 Å². The highest BCUT2D eigenvalue weighted by atomic mass is 79.9. The first-order valence-electron chi connectivity index (χ1n) is 7.27. The molecule has 1 unspecified atom stereocenters. The summed E-state index contributed by atoms with van der Waals surface area (Å²) in [5, 5.41) is 8.83. The number of nitrogens with zero attached hydrogens (tertiary/aromatic N) is 2. The van der Waals surface area contributed by atoms with E-state index in [1.807, 2.05) is 11.6 Å². The molecule has 0 amide bonds. The molecular formula is C16H21BrClN3. The topological polar surface area (TPSA) is 29.9 Å². The van der Waals surface area contributed by atoms with Gasteiger partial charge in [-0.15, -0.1) is 0 Å². The van der Waals surface area contributed by atoms with Crippen molar-refractivity contribution in [2.24, 2.45) is 0 Å². The van der Waals surface area contributed by atoms with Gasteiger partial charge in [-0.25, -0.2) is 0 Å². The van der Waals surface area contributed by atoms with Gasteiger partial charge >= 0.3 is 0 Å². The third-order valence-electron chi connectivity index (χ3n) is 3.57. The smallest absolute Gasteiger partial charge is 0.0847 e. The van der Waals surface area contributed by atoms with Gasteiger partial charge in [-0.2, -0.15) is 5.10 Å². The standard InChI is InChI=1S/C16H21BrClN3/c1-4-19-14(12-6-8-13(17)9-7-12)10-15-16(18)11(3)20-21(15)5-2/h6-9,14,19H,4-5,10H2,1-3H3. The highest BCUT2D eigenvalue weighted by Gasteiger charge is 2.18. The van der Waals surface area contributed by atoms with E-state index in [9.17, 15) is 0 Å². The van der Waals surface area contributed by atoms with E-state index in [-0.39, 0.29) is 6.04 Å². The molecule has 5 heteroatoms. The van der Waals surface area contributed by atoms with Crippen LogP contribution in [0, 0.1) is 6.92 Å². The highest BCUT2D eigenvalue weighted by Crippen LogP contribution is 2.27. The summed E-state index contributed by atoms with van der Waals surface area (Å²) in [6, 6.07) is 8.67. The Morgan fingerprint density at radius 1 is 1.29 bits per heavy atom. The lowest BCUT2D eigenvalue weighted by molar-refractivity contribution is 0.516. The average molecular weight is 371 g/mol. The van der Waals surface area contributed by atoms with E-state index < -0.39 is 0 Å². The molecule has 0 saturated heterocycles. The van der Waals surface area contributed by atoms with Gasteiger partial charge in [0.25, 0.3) is 0 Å². The predicted molar refractivity (Wildman–Crippen MR) is 91.9 cm³/mol. The molecule has 114 valence electrons. The van der Waals surface area contributed by atoms with Crippen molar-refractivity contribution in [3.8, 4) is 0 Å². The lowest BCUT2D eigenvalue weighted by Gasteiger charge is -2.19. The van der Waals surface area contributed by atoms with Crippen LogP contribution >= 0.6 is 27.5 Å². The summed E-state index contributed by atoms with van der Waals surface area (Å²) in [6.07, 6.45) is 0.836. The van der Waals surface area contributed by atoms with Gasteiger partial charge in [0, 0.05) is 23.5 Å². The molecule has 1 N–H and O–H groups in total. The summed E-state index contributed by atoms with van der Waals surface area (Å²) in [6.45, 7) is 7.92. The zero-order chi connectivity index (χ0) is 15.4. The van der Waals surface area contributed by atoms with Crippen molar-refractivity contribution >= 4 is 27.5 Å². The fourth-order valence-corrected chi connectivity index (χ4v) is 2.98. The van der Waals surface area contributed by atoms with E-state index in [0.29, 0.717) is 0 Å². The van der Waals surface area contributed by atoms with Crippen molar-refractivity contribution in [3.63, 3.8) is 0 Å². The summed E-state index contributed by atoms with van der Waals surface area (Å²) < 4.78 is 3.09. The molecule has 0 aliphatic carbocycles. The van der Waals surface area contributed by atoms with Crippen molar-refractivity contribution in [1.82, 2.24) is 15.1 Å². The number of benzene rings is 1. The Bertz CT molecular complexity index is 592. The first kappa shape index (κ1) is 16.5. The van der Waals surface area contributed by atoms with Gasteiger partial charge in [-0.3, -0.25) is 4.68 Å². The fourth-order valence-electron chi connectivity index (χ4n) is 2.51. The number of likely N-dealkylation sites (N-methyl/N-ethyl adjacent to an activating group) is 1. The predicted octanol–water partition coefficient (Wildman–Crippen LogP) is 4.52. The van der Waals surface area contributed by atoms with Crippen LogP contribution in [-0.2, 0) is 13.0 Å². The molecule has 2 aromatic rings. The second kappa shape index (κ2) is 7.43. The Labute approximate surface area is 139 Å². The first-order chi connectivity index (χ1) is 10.1. The van der Waals surface area contributed by atoms with Crippen LogP contribution < -0.4 is 5.32 Å². The summed E-state index contributed by atoms with van der Waals surface area (Å²) in [7, 11) is 0. The minimum absolute atomic E-state index is 0.238. The van der Waals surface area contributed by atoms with Gasteiger partial charge in [0.2, 0.25) is 0 Å². The normalized spacial score (nSPS) is 12.6. The van der Waals surface area contributed by atoms with Crippen molar-refractivity contribution in [1.29, 1.82) is 0 Å². The zero-order valence-electron chi connectivity index (χ0n) is 12.7. The van der Waals surface area contributed by atoms with E-state index in [2.05, 4.69) is 64.5 Å². The van der Waals surface area contributed by atoms with Crippen LogP contribution in [0.25, 0.3) is 0 Å². The molecule has 21 heavy (non-hydrogen) atoms. The Kier molecular flexibility index (Phi) is 5.85. The van der Waals surface area contributed by atoms with Crippen molar-refractivity contribution in [2.45, 2.75) is 39.8 Å². The minimum Gasteiger partial charge on any atom is -0.310 e. The van der Waals surface area contributed by atoms with Crippen LogP contribution in [0.1, 0.15) is 36.8 Å². The Hall–Kier alpha value is -0.840. The van der Waals surface area contributed by atoms with Crippen LogP contribution in [0.5, 0.6) is 0 Å². The quantitative estimate of drug-likeness (QED) is 0.810. The van der Waals surface area contributed by atoms with Crippen LogP contribution in [0.2, 0.25) is 5.02 Å². The summed E-state index contributed by atoms with van der Waals surface area (Å²) in [5.74, 6) is 0. The van der Waals surface area contributed by atoms with Gasteiger partial charge < -0.3 is 5.32 Å². The van der Waals surface area contributed by atoms with Gasteiger partial charge in [-0.1, -0.05) is 46.6 Å². The van der Waals surface area contributed by atoms with Crippen LogP contribution in [0.15, 0.2) is 28.7 Å². The van der Waals surface area contributed by atoms with Crippen LogP contribution in [0.3, 0.4) is 0 Å². The van der Waals surface area contributed by atoms with E-state index >= 15 is 0 Å². The maximum absolute atomic E-state index is 6.43. The fraction of sp³-hybridized carbons (Fsp3) is 0.438. The highest BCUT2D eigenvalue weighted by molar-refractivity contribution is 9.10. The summed E-state index contributed by atoms with van der Waals surface area (Å²) >= 11 is 9.91. The zero-order valence-corrected chi connectivity index (χ0v) is 15.0. The molecule has 0 spiro atoms. The maximum atomic E-state index is 6.43. The molecule has 2 rings (SSSR count). The molecule has 1 aromatic heterocycles. The Morgan fingerprint density at radius 3 is 2.52 bits per heavy atom. The average Bonchev–Trinajstić information content (AvgIpc) is 2.75. The molecule has 0 radical (unpaired) electrons. The molecule has 3 nitrogen and oxygen atoms in total. The molecule has 1 heterocycles. The number of rotatable bonds is 6. The molecule has 0 fully saturated rings. The number of halogens is 2. The lowest BCUT2D eigenvalue weighted by Crippen LogP contribution is -2.24. The Balaban J connectivity index is 2.30. The molecule has 0 aliphatic rings. The van der Waals surface area contributed by atoms with E-state index in [4.69, 9.17) is 11.6 Å².